The third kappa shape index (κ3) is 4.66. The summed E-state index contributed by atoms with van der Waals surface area (Å²) >= 11 is 0. The monoisotopic (exact) mass is 179 g/mol. The normalized spacial score (nSPS) is 16.2. The Labute approximate surface area is 82.3 Å². The van der Waals surface area contributed by atoms with Gasteiger partial charge in [-0.2, -0.15) is 0 Å². The summed E-state index contributed by atoms with van der Waals surface area (Å²) in [7, 11) is 0. The van der Waals surface area contributed by atoms with Crippen molar-refractivity contribution >= 4 is 5.71 Å². The fraction of sp³-hybridized carbons (Fsp3) is 0.583. The average Bonchev–Trinajstić information content (AvgIpc) is 2.11. The van der Waals surface area contributed by atoms with Gasteiger partial charge in [-0.15, -0.1) is 0 Å². The van der Waals surface area contributed by atoms with Gasteiger partial charge >= 0.3 is 0 Å². The smallest absolute Gasteiger partial charge is 0.0296 e. The molecule has 0 heterocycles. The maximum atomic E-state index is 4.40. The number of nitrogens with zero attached hydrogens (tertiary/aromatic N) is 1. The molecule has 0 saturated heterocycles. The van der Waals surface area contributed by atoms with Gasteiger partial charge in [0.25, 0.3) is 0 Å². The van der Waals surface area contributed by atoms with E-state index < -0.39 is 0 Å². The number of hydrogen-bond donors (Lipinski definition) is 0. The fourth-order valence-electron chi connectivity index (χ4n) is 0.856. The molecule has 0 saturated carbocycles. The molecule has 0 N–H and O–H groups in total. The van der Waals surface area contributed by atoms with Crippen LogP contribution in [0.2, 0.25) is 0 Å². The minimum Gasteiger partial charge on any atom is -0.265 e. The van der Waals surface area contributed by atoms with E-state index in [9.17, 15) is 0 Å². The lowest BCUT2D eigenvalue weighted by Gasteiger charge is -2.14. The molecule has 1 heteroatoms. The minimum atomic E-state index is 0.550. The molecule has 74 valence electrons. The molecule has 0 unspecified atom stereocenters. The van der Waals surface area contributed by atoms with Crippen LogP contribution in [-0.2, 0) is 0 Å². The molecule has 0 rings (SSSR count). The first-order valence-corrected chi connectivity index (χ1v) is 4.82. The van der Waals surface area contributed by atoms with Crippen LogP contribution in [0.1, 0.15) is 34.6 Å². The summed E-state index contributed by atoms with van der Waals surface area (Å²) in [6.07, 6.45) is 3.69. The van der Waals surface area contributed by atoms with Crippen LogP contribution in [0.25, 0.3) is 0 Å². The Morgan fingerprint density at radius 1 is 1.23 bits per heavy atom. The molecule has 0 aromatic heterocycles. The Morgan fingerprint density at radius 2 is 1.77 bits per heavy atom. The van der Waals surface area contributed by atoms with Crippen molar-refractivity contribution in [2.24, 2.45) is 16.8 Å². The summed E-state index contributed by atoms with van der Waals surface area (Å²) in [5, 5.41) is 0. The second-order valence-corrected chi connectivity index (χ2v) is 3.88. The quantitative estimate of drug-likeness (QED) is 0.459. The van der Waals surface area contributed by atoms with Crippen molar-refractivity contribution in [2.75, 3.05) is 0 Å². The highest BCUT2D eigenvalue weighted by molar-refractivity contribution is 5.84. The van der Waals surface area contributed by atoms with E-state index in [2.05, 4.69) is 39.3 Å². The van der Waals surface area contributed by atoms with Gasteiger partial charge in [-0.25, -0.2) is 0 Å². The lowest BCUT2D eigenvalue weighted by Crippen LogP contribution is -2.13. The molecule has 0 radical (unpaired) electrons. The Bertz CT molecular complexity index is 221. The summed E-state index contributed by atoms with van der Waals surface area (Å²) in [6, 6.07) is 0. The Hall–Kier alpha value is -0.850. The van der Waals surface area contributed by atoms with Gasteiger partial charge in [0, 0.05) is 11.9 Å². The van der Waals surface area contributed by atoms with Gasteiger partial charge in [0.05, 0.1) is 0 Å². The summed E-state index contributed by atoms with van der Waals surface area (Å²) in [5.74, 6) is 1.20. The Morgan fingerprint density at radius 3 is 2.15 bits per heavy atom. The van der Waals surface area contributed by atoms with Crippen LogP contribution in [0.15, 0.2) is 29.4 Å². The molecule has 0 aliphatic rings. The van der Waals surface area contributed by atoms with E-state index in [0.717, 1.165) is 5.57 Å². The lowest BCUT2D eigenvalue weighted by molar-refractivity contribution is 0.530. The molecular formula is C12H21N. The predicted octanol–water partition coefficient (Wildman–Crippen LogP) is 3.83. The van der Waals surface area contributed by atoms with Crippen LogP contribution in [0, 0.1) is 11.8 Å². The highest BCUT2D eigenvalue weighted by atomic mass is 14.7. The summed E-state index contributed by atoms with van der Waals surface area (Å²) < 4.78 is 0. The molecule has 13 heavy (non-hydrogen) atoms. The van der Waals surface area contributed by atoms with Crippen molar-refractivity contribution in [2.45, 2.75) is 34.6 Å². The first kappa shape index (κ1) is 12.2. The summed E-state index contributed by atoms with van der Waals surface area (Å²) in [5.41, 5.74) is 2.30. The number of rotatable bonds is 4. The average molecular weight is 179 g/mol. The van der Waals surface area contributed by atoms with Crippen molar-refractivity contribution in [3.8, 4) is 0 Å². The molecule has 0 spiro atoms. The van der Waals surface area contributed by atoms with Gasteiger partial charge < -0.3 is 0 Å². The van der Waals surface area contributed by atoms with Crippen LogP contribution >= 0.6 is 0 Å². The molecule has 1 atom stereocenters. The van der Waals surface area contributed by atoms with E-state index in [1.54, 1.807) is 0 Å². The molecule has 1 nitrogen and oxygen atoms in total. The topological polar surface area (TPSA) is 12.4 Å². The second kappa shape index (κ2) is 5.74. The molecule has 0 aromatic carbocycles. The second-order valence-electron chi connectivity index (χ2n) is 3.88. The van der Waals surface area contributed by atoms with E-state index >= 15 is 0 Å². The standard InChI is InChI=1S/C12H21N/c1-7-10(4)8-13-12(6)11(5)9(2)3/h7-9,11H,1H2,2-6H3/b10-8-,13-12+/t11-/m1/s1. The number of hydrogen-bond acceptors (Lipinski definition) is 1. The van der Waals surface area contributed by atoms with Gasteiger partial charge in [0.1, 0.15) is 0 Å². The van der Waals surface area contributed by atoms with Crippen LogP contribution in [0.3, 0.4) is 0 Å². The highest BCUT2D eigenvalue weighted by Crippen LogP contribution is 2.12. The molecule has 0 aromatic rings. The molecule has 0 fully saturated rings. The van der Waals surface area contributed by atoms with Crippen LogP contribution in [-0.4, -0.2) is 5.71 Å². The van der Waals surface area contributed by atoms with Gasteiger partial charge in [-0.05, 0) is 31.3 Å². The third-order valence-electron chi connectivity index (χ3n) is 2.45. The van der Waals surface area contributed by atoms with E-state index in [1.165, 1.54) is 5.71 Å². The predicted molar refractivity (Wildman–Crippen MR) is 61.1 cm³/mol. The molecule has 0 bridgehead atoms. The maximum absolute atomic E-state index is 4.40. The number of aliphatic imine (C=N–C) groups is 1. The lowest BCUT2D eigenvalue weighted by atomic mass is 9.94. The molecule has 0 aliphatic carbocycles. The fourth-order valence-corrected chi connectivity index (χ4v) is 0.856. The van der Waals surface area contributed by atoms with Crippen LogP contribution in [0.4, 0.5) is 0 Å². The van der Waals surface area contributed by atoms with Crippen molar-refractivity contribution in [1.29, 1.82) is 0 Å². The van der Waals surface area contributed by atoms with Crippen molar-refractivity contribution in [3.63, 3.8) is 0 Å². The zero-order valence-electron chi connectivity index (χ0n) is 9.46. The van der Waals surface area contributed by atoms with E-state index in [-0.39, 0.29) is 0 Å². The maximum Gasteiger partial charge on any atom is 0.0296 e. The summed E-state index contributed by atoms with van der Waals surface area (Å²) in [6.45, 7) is 14.4. The van der Waals surface area contributed by atoms with Gasteiger partial charge in [0.2, 0.25) is 0 Å². The van der Waals surface area contributed by atoms with Crippen molar-refractivity contribution in [3.05, 3.63) is 24.4 Å². The zero-order chi connectivity index (χ0) is 10.4. The van der Waals surface area contributed by atoms with Gasteiger partial charge in [-0.3, -0.25) is 4.99 Å². The minimum absolute atomic E-state index is 0.550. The Balaban J connectivity index is 4.41. The molecular weight excluding hydrogens is 158 g/mol. The Kier molecular flexibility index (Phi) is 5.36. The number of allylic oxidation sites excluding steroid dienone is 2. The van der Waals surface area contributed by atoms with E-state index in [0.29, 0.717) is 11.8 Å². The van der Waals surface area contributed by atoms with Gasteiger partial charge in [0.15, 0.2) is 0 Å². The first-order valence-electron chi connectivity index (χ1n) is 4.82. The van der Waals surface area contributed by atoms with Crippen LogP contribution < -0.4 is 0 Å². The van der Waals surface area contributed by atoms with Gasteiger partial charge in [-0.1, -0.05) is 33.4 Å². The van der Waals surface area contributed by atoms with Crippen molar-refractivity contribution in [1.82, 2.24) is 0 Å². The van der Waals surface area contributed by atoms with E-state index in [4.69, 9.17) is 0 Å². The summed E-state index contributed by atoms with van der Waals surface area (Å²) in [4.78, 5) is 4.40. The third-order valence-corrected chi connectivity index (χ3v) is 2.45. The SMILES string of the molecule is C=C/C(C)=C\N=C(/C)[C@H](C)C(C)C. The molecule has 0 amide bonds. The van der Waals surface area contributed by atoms with Crippen LogP contribution in [0.5, 0.6) is 0 Å². The molecule has 0 aliphatic heterocycles. The zero-order valence-corrected chi connectivity index (χ0v) is 9.46. The van der Waals surface area contributed by atoms with E-state index in [1.807, 2.05) is 19.2 Å². The van der Waals surface area contributed by atoms with Crippen molar-refractivity contribution < 1.29 is 0 Å². The highest BCUT2D eigenvalue weighted by Gasteiger charge is 2.08. The largest absolute Gasteiger partial charge is 0.265 e. The first-order chi connectivity index (χ1) is 5.99.